The van der Waals surface area contributed by atoms with Crippen molar-refractivity contribution in [2.75, 3.05) is 12.2 Å². The van der Waals surface area contributed by atoms with E-state index in [-0.39, 0.29) is 12.5 Å². The lowest BCUT2D eigenvalue weighted by Crippen LogP contribution is -2.52. The Kier molecular flexibility index (Phi) is 4.48. The second-order valence-electron chi connectivity index (χ2n) is 10.3. The van der Waals surface area contributed by atoms with E-state index >= 15 is 0 Å². The van der Waals surface area contributed by atoms with E-state index in [9.17, 15) is 25.0 Å². The Morgan fingerprint density at radius 3 is 2.22 bits per heavy atom. The van der Waals surface area contributed by atoms with Gasteiger partial charge in [0.15, 0.2) is 11.5 Å². The number of hydrogen-bond acceptors (Lipinski definition) is 10. The highest BCUT2D eigenvalue weighted by molar-refractivity contribution is 5.94. The summed E-state index contributed by atoms with van der Waals surface area (Å²) in [6, 6.07) is 6.70. The number of nitrogens with zero attached hydrogens (tertiary/aromatic N) is 4. The van der Waals surface area contributed by atoms with Crippen molar-refractivity contribution in [2.45, 2.75) is 44.4 Å². The van der Waals surface area contributed by atoms with Crippen LogP contribution in [0.5, 0.6) is 11.5 Å². The minimum absolute atomic E-state index is 0.0746. The van der Waals surface area contributed by atoms with Crippen molar-refractivity contribution in [3.8, 4) is 11.5 Å². The van der Waals surface area contributed by atoms with Crippen LogP contribution in [0.1, 0.15) is 45.0 Å². The zero-order valence-corrected chi connectivity index (χ0v) is 20.2. The van der Waals surface area contributed by atoms with Gasteiger partial charge in [0.25, 0.3) is 11.6 Å². The first kappa shape index (κ1) is 22.9. The summed E-state index contributed by atoms with van der Waals surface area (Å²) in [5.74, 6) is 0.735. The van der Waals surface area contributed by atoms with Crippen LogP contribution < -0.4 is 20.3 Å². The lowest BCUT2D eigenvalue weighted by molar-refractivity contribution is -0.393. The normalized spacial score (nSPS) is 24.1. The molecule has 2 unspecified atom stereocenters. The summed E-state index contributed by atoms with van der Waals surface area (Å²) in [7, 11) is 0. The number of non-ortho nitro benzene ring substituents is 1. The molecule has 1 amide bonds. The van der Waals surface area contributed by atoms with Crippen molar-refractivity contribution in [2.24, 2.45) is 5.41 Å². The quantitative estimate of drug-likeness (QED) is 0.384. The van der Waals surface area contributed by atoms with Gasteiger partial charge < -0.3 is 9.47 Å². The lowest BCUT2D eigenvalue weighted by Gasteiger charge is -2.39. The van der Waals surface area contributed by atoms with Gasteiger partial charge in [-0.2, -0.15) is 0 Å². The highest BCUT2D eigenvalue weighted by atomic mass is 16.7. The first-order valence-electron chi connectivity index (χ1n) is 11.6. The number of anilines is 1. The predicted octanol–water partition coefficient (Wildman–Crippen LogP) is 3.65. The maximum atomic E-state index is 13.9. The molecule has 2 N–H and O–H groups in total. The standard InChI is InChI=1S/C24H22N6O7/c1-22(2)23(3)6-7-24(22,20-19(23)25-14-9-17-18(37-11-36-17)10-15(14)26-20)21(31)28-27-13-5-4-12(29(32)33)8-16(13)30(34)35/h4-5,8-10,27H,6-7,11H2,1-3H3,(H,28,31). The minimum atomic E-state index is -1.07. The van der Waals surface area contributed by atoms with Gasteiger partial charge in [-0.15, -0.1) is 0 Å². The Morgan fingerprint density at radius 2 is 1.59 bits per heavy atom. The lowest BCUT2D eigenvalue weighted by atomic mass is 9.63. The number of ether oxygens (including phenoxy) is 2. The molecular weight excluding hydrogens is 484 g/mol. The summed E-state index contributed by atoms with van der Waals surface area (Å²) in [5, 5.41) is 22.6. The van der Waals surface area contributed by atoms with Crippen molar-refractivity contribution in [1.82, 2.24) is 15.4 Å². The van der Waals surface area contributed by atoms with Crippen LogP contribution in [0.2, 0.25) is 0 Å². The number of hydrogen-bond donors (Lipinski definition) is 2. The van der Waals surface area contributed by atoms with Crippen molar-refractivity contribution >= 4 is 34.0 Å². The predicted molar refractivity (Wildman–Crippen MR) is 129 cm³/mol. The third-order valence-corrected chi connectivity index (χ3v) is 8.62. The third-order valence-electron chi connectivity index (χ3n) is 8.62. The van der Waals surface area contributed by atoms with Crippen molar-refractivity contribution in [3.05, 3.63) is 61.9 Å². The molecule has 13 nitrogen and oxygen atoms in total. The van der Waals surface area contributed by atoms with Crippen LogP contribution in [0.3, 0.4) is 0 Å². The van der Waals surface area contributed by atoms with E-state index in [1.54, 1.807) is 12.1 Å². The van der Waals surface area contributed by atoms with Gasteiger partial charge in [0, 0.05) is 23.6 Å². The molecule has 1 aliphatic heterocycles. The maximum absolute atomic E-state index is 13.9. The number of benzene rings is 2. The van der Waals surface area contributed by atoms with Gasteiger partial charge in [-0.25, -0.2) is 9.97 Å². The summed E-state index contributed by atoms with van der Waals surface area (Å²) in [6.07, 6.45) is 1.20. The van der Waals surface area contributed by atoms with E-state index in [4.69, 9.17) is 19.4 Å². The summed E-state index contributed by atoms with van der Waals surface area (Å²) in [4.78, 5) is 44.9. The number of fused-ring (bicyclic) bond motifs is 7. The van der Waals surface area contributed by atoms with E-state index in [1.165, 1.54) is 6.07 Å². The fourth-order valence-corrected chi connectivity index (χ4v) is 6.12. The number of nitro benzene ring substituents is 2. The van der Waals surface area contributed by atoms with Gasteiger partial charge in [-0.1, -0.05) is 20.8 Å². The first-order valence-corrected chi connectivity index (χ1v) is 11.6. The van der Waals surface area contributed by atoms with Gasteiger partial charge in [-0.3, -0.25) is 35.9 Å². The Balaban J connectivity index is 1.41. The smallest absolute Gasteiger partial charge is 0.300 e. The molecule has 37 heavy (non-hydrogen) atoms. The molecule has 0 radical (unpaired) electrons. The Bertz CT molecular complexity index is 1560. The Labute approximate surface area is 209 Å². The summed E-state index contributed by atoms with van der Waals surface area (Å²) in [6.45, 7) is 6.21. The number of rotatable bonds is 5. The van der Waals surface area contributed by atoms with Crippen LogP contribution in [-0.4, -0.2) is 32.5 Å². The number of hydrazine groups is 1. The van der Waals surface area contributed by atoms with Crippen molar-refractivity contribution in [1.29, 1.82) is 0 Å². The number of nitro groups is 2. The molecule has 1 saturated carbocycles. The molecule has 13 heteroatoms. The van der Waals surface area contributed by atoms with Gasteiger partial charge in [0.1, 0.15) is 11.1 Å². The van der Waals surface area contributed by atoms with E-state index in [0.717, 1.165) is 17.8 Å². The van der Waals surface area contributed by atoms with E-state index in [0.29, 0.717) is 41.1 Å². The molecule has 2 aromatic carbocycles. The molecule has 3 aliphatic rings. The fourth-order valence-electron chi connectivity index (χ4n) is 6.12. The average molecular weight is 506 g/mol. The van der Waals surface area contributed by atoms with Gasteiger partial charge >= 0.3 is 5.69 Å². The second kappa shape index (κ2) is 7.24. The molecule has 0 spiro atoms. The molecular formula is C24H22N6O7. The second-order valence-corrected chi connectivity index (χ2v) is 10.3. The SMILES string of the molecule is CC12CCC(C(=O)NNc3ccc([N+](=O)[O-])cc3[N+](=O)[O-])(c3nc4cc5c(cc4nc31)OCO5)C2(C)C. The zero-order chi connectivity index (χ0) is 26.3. The Morgan fingerprint density at radius 1 is 0.946 bits per heavy atom. The van der Waals surface area contributed by atoms with Crippen LogP contribution in [0.15, 0.2) is 30.3 Å². The van der Waals surface area contributed by atoms with Gasteiger partial charge in [0.2, 0.25) is 6.79 Å². The minimum Gasteiger partial charge on any atom is -0.454 e. The third kappa shape index (κ3) is 2.81. The van der Waals surface area contributed by atoms with Crippen LogP contribution in [0, 0.1) is 25.6 Å². The highest BCUT2D eigenvalue weighted by Gasteiger charge is 2.73. The number of nitrogens with one attached hydrogen (secondary N) is 2. The fraction of sp³-hybridized carbons (Fsp3) is 0.375. The molecule has 1 fully saturated rings. The number of carbonyl (C=O) groups is 1. The topological polar surface area (TPSA) is 172 Å². The van der Waals surface area contributed by atoms with Crippen LogP contribution in [0.4, 0.5) is 17.1 Å². The van der Waals surface area contributed by atoms with Crippen LogP contribution in [-0.2, 0) is 15.6 Å². The average Bonchev–Trinajstić information content (AvgIpc) is 3.43. The van der Waals surface area contributed by atoms with Crippen LogP contribution in [0.25, 0.3) is 11.0 Å². The van der Waals surface area contributed by atoms with Gasteiger partial charge in [0.05, 0.1) is 38.3 Å². The molecule has 0 saturated heterocycles. The van der Waals surface area contributed by atoms with Crippen LogP contribution >= 0.6 is 0 Å². The van der Waals surface area contributed by atoms with Crippen molar-refractivity contribution < 1.29 is 24.1 Å². The maximum Gasteiger partial charge on any atom is 0.300 e. The van der Waals surface area contributed by atoms with Crippen molar-refractivity contribution in [3.63, 3.8) is 0 Å². The summed E-state index contributed by atoms with van der Waals surface area (Å²) in [5.41, 5.74) is 4.62. The summed E-state index contributed by atoms with van der Waals surface area (Å²) < 4.78 is 11.0. The highest BCUT2D eigenvalue weighted by Crippen LogP contribution is 2.70. The number of carbonyl (C=O) groups excluding carboxylic acids is 1. The van der Waals surface area contributed by atoms with E-state index in [2.05, 4.69) is 17.8 Å². The molecule has 2 heterocycles. The molecule has 6 rings (SSSR count). The molecule has 2 aliphatic carbocycles. The molecule has 190 valence electrons. The van der Waals surface area contributed by atoms with Gasteiger partial charge in [-0.05, 0) is 24.3 Å². The Hall–Kier alpha value is -4.55. The monoisotopic (exact) mass is 506 g/mol. The molecule has 3 aromatic rings. The molecule has 2 bridgehead atoms. The molecule has 1 aromatic heterocycles. The number of amides is 1. The number of aromatic nitrogens is 2. The summed E-state index contributed by atoms with van der Waals surface area (Å²) >= 11 is 0. The molecule has 2 atom stereocenters. The largest absolute Gasteiger partial charge is 0.454 e. The van der Waals surface area contributed by atoms with E-state index < -0.39 is 43.4 Å². The first-order chi connectivity index (χ1) is 17.5. The van der Waals surface area contributed by atoms with E-state index in [1.807, 2.05) is 13.8 Å². The zero-order valence-electron chi connectivity index (χ0n) is 20.2.